The summed E-state index contributed by atoms with van der Waals surface area (Å²) >= 11 is 3.38. The van der Waals surface area contributed by atoms with Gasteiger partial charge < -0.3 is 9.73 Å². The van der Waals surface area contributed by atoms with E-state index in [-0.39, 0.29) is 17.0 Å². The Balaban J connectivity index is 1.83. The van der Waals surface area contributed by atoms with E-state index in [9.17, 15) is 9.59 Å². The smallest absolute Gasteiger partial charge is 0.349 e. The van der Waals surface area contributed by atoms with E-state index in [1.807, 2.05) is 25.1 Å². The monoisotopic (exact) mass is 427 g/mol. The number of hydrogen-bond donors (Lipinski definition) is 1. The molecule has 0 fully saturated rings. The van der Waals surface area contributed by atoms with E-state index in [0.717, 1.165) is 10.0 Å². The molecule has 1 N–H and O–H groups in total. The summed E-state index contributed by atoms with van der Waals surface area (Å²) < 4.78 is 6.12. The molecule has 3 rings (SSSR count). The van der Waals surface area contributed by atoms with Gasteiger partial charge in [0.25, 0.3) is 5.91 Å². The van der Waals surface area contributed by atoms with Crippen LogP contribution in [0.3, 0.4) is 0 Å². The Kier molecular flexibility index (Phi) is 5.24. The topological polar surface area (TPSA) is 59.3 Å². The lowest BCUT2D eigenvalue weighted by atomic mass is 9.86. The van der Waals surface area contributed by atoms with Gasteiger partial charge in [0.05, 0.1) is 6.04 Å². The summed E-state index contributed by atoms with van der Waals surface area (Å²) in [5, 5.41) is 3.57. The number of rotatable bonds is 3. The Morgan fingerprint density at radius 1 is 1.07 bits per heavy atom. The molecule has 0 saturated carbocycles. The number of fused-ring (bicyclic) bond motifs is 1. The van der Waals surface area contributed by atoms with Crippen molar-refractivity contribution in [2.75, 3.05) is 0 Å². The van der Waals surface area contributed by atoms with Crippen molar-refractivity contribution >= 4 is 32.8 Å². The van der Waals surface area contributed by atoms with Crippen LogP contribution in [0.25, 0.3) is 11.0 Å². The van der Waals surface area contributed by atoms with Crippen molar-refractivity contribution < 1.29 is 9.21 Å². The SMILES string of the molecule is C[C@@H](NC(=O)c1cc2cc(Br)ccc2oc1=O)c1ccc(C(C)(C)C)cc1. The first-order valence-corrected chi connectivity index (χ1v) is 9.59. The number of halogens is 1. The van der Waals surface area contributed by atoms with Crippen LogP contribution >= 0.6 is 15.9 Å². The molecule has 0 unspecified atom stereocenters. The average Bonchev–Trinajstić information content (AvgIpc) is 2.60. The lowest BCUT2D eigenvalue weighted by Crippen LogP contribution is -2.30. The van der Waals surface area contributed by atoms with Crippen LogP contribution in [0.4, 0.5) is 0 Å². The Labute approximate surface area is 166 Å². The minimum Gasteiger partial charge on any atom is -0.422 e. The molecule has 0 saturated heterocycles. The molecule has 1 heterocycles. The quantitative estimate of drug-likeness (QED) is 0.573. The molecule has 0 aliphatic heterocycles. The van der Waals surface area contributed by atoms with E-state index in [0.29, 0.717) is 11.0 Å². The van der Waals surface area contributed by atoms with Crippen molar-refractivity contribution in [1.82, 2.24) is 5.32 Å². The summed E-state index contributed by atoms with van der Waals surface area (Å²) in [6.07, 6.45) is 0. The van der Waals surface area contributed by atoms with Crippen LogP contribution in [-0.4, -0.2) is 5.91 Å². The fraction of sp³-hybridized carbons (Fsp3) is 0.273. The van der Waals surface area contributed by atoms with Gasteiger partial charge in [-0.05, 0) is 47.7 Å². The van der Waals surface area contributed by atoms with E-state index in [2.05, 4.69) is 54.2 Å². The first-order chi connectivity index (χ1) is 12.6. The molecule has 0 aliphatic rings. The standard InChI is InChI=1S/C22H22BrNO3/c1-13(14-5-7-16(8-6-14)22(2,3)4)24-20(25)18-12-15-11-17(23)9-10-19(15)27-21(18)26/h5-13H,1-4H3,(H,24,25)/t13-/m1/s1. The first kappa shape index (κ1) is 19.4. The number of benzene rings is 2. The van der Waals surface area contributed by atoms with Crippen LogP contribution in [-0.2, 0) is 5.41 Å². The summed E-state index contributed by atoms with van der Waals surface area (Å²) in [5.41, 5.74) is 2.08. The molecule has 3 aromatic rings. The Bertz CT molecular complexity index is 1050. The molecule has 0 spiro atoms. The second-order valence-corrected chi connectivity index (χ2v) is 8.61. The van der Waals surface area contributed by atoms with Crippen molar-refractivity contribution in [3.63, 3.8) is 0 Å². The molecule has 27 heavy (non-hydrogen) atoms. The van der Waals surface area contributed by atoms with Crippen molar-refractivity contribution in [2.45, 2.75) is 39.2 Å². The molecular formula is C22H22BrNO3. The van der Waals surface area contributed by atoms with E-state index in [4.69, 9.17) is 4.42 Å². The number of hydrogen-bond acceptors (Lipinski definition) is 3. The van der Waals surface area contributed by atoms with Gasteiger partial charge in [0.2, 0.25) is 0 Å². The van der Waals surface area contributed by atoms with Gasteiger partial charge in [-0.25, -0.2) is 4.79 Å². The maximum atomic E-state index is 12.6. The van der Waals surface area contributed by atoms with Crippen LogP contribution in [0.2, 0.25) is 0 Å². The van der Waals surface area contributed by atoms with Crippen LogP contribution in [0.15, 0.2) is 62.2 Å². The Morgan fingerprint density at radius 3 is 2.37 bits per heavy atom. The first-order valence-electron chi connectivity index (χ1n) is 8.80. The maximum Gasteiger partial charge on any atom is 0.349 e. The van der Waals surface area contributed by atoms with Gasteiger partial charge in [-0.15, -0.1) is 0 Å². The zero-order chi connectivity index (χ0) is 19.8. The normalized spacial score (nSPS) is 12.8. The second-order valence-electron chi connectivity index (χ2n) is 7.70. The van der Waals surface area contributed by atoms with Gasteiger partial charge in [-0.2, -0.15) is 0 Å². The molecule has 0 aliphatic carbocycles. The van der Waals surface area contributed by atoms with E-state index < -0.39 is 11.5 Å². The fourth-order valence-electron chi connectivity index (χ4n) is 2.88. The number of carbonyl (C=O) groups excluding carboxylic acids is 1. The zero-order valence-corrected chi connectivity index (χ0v) is 17.4. The van der Waals surface area contributed by atoms with Gasteiger partial charge in [-0.1, -0.05) is 61.0 Å². The van der Waals surface area contributed by atoms with E-state index >= 15 is 0 Å². The molecule has 5 heteroatoms. The minimum atomic E-state index is -0.641. The van der Waals surface area contributed by atoms with Gasteiger partial charge in [0.1, 0.15) is 11.1 Å². The molecule has 0 radical (unpaired) electrons. The van der Waals surface area contributed by atoms with Crippen molar-refractivity contribution in [2.24, 2.45) is 0 Å². The van der Waals surface area contributed by atoms with E-state index in [1.54, 1.807) is 18.2 Å². The number of nitrogens with one attached hydrogen (secondary N) is 1. The van der Waals surface area contributed by atoms with Gasteiger partial charge in [-0.3, -0.25) is 4.79 Å². The van der Waals surface area contributed by atoms with E-state index in [1.165, 1.54) is 5.56 Å². The van der Waals surface area contributed by atoms with Crippen LogP contribution in [0.1, 0.15) is 55.2 Å². The predicted molar refractivity (Wildman–Crippen MR) is 111 cm³/mol. The van der Waals surface area contributed by atoms with Crippen LogP contribution in [0.5, 0.6) is 0 Å². The molecule has 1 amide bonds. The lowest BCUT2D eigenvalue weighted by Gasteiger charge is -2.20. The van der Waals surface area contributed by atoms with Crippen molar-refractivity contribution in [3.05, 3.63) is 80.1 Å². The Hall–Kier alpha value is -2.40. The minimum absolute atomic E-state index is 0.00115. The summed E-state index contributed by atoms with van der Waals surface area (Å²) in [6.45, 7) is 8.36. The van der Waals surface area contributed by atoms with Gasteiger partial charge in [0, 0.05) is 9.86 Å². The van der Waals surface area contributed by atoms with Crippen molar-refractivity contribution in [1.29, 1.82) is 0 Å². The third-order valence-electron chi connectivity index (χ3n) is 4.56. The summed E-state index contributed by atoms with van der Waals surface area (Å²) in [5.74, 6) is -0.446. The Morgan fingerprint density at radius 2 is 1.74 bits per heavy atom. The molecule has 0 bridgehead atoms. The number of carbonyl (C=O) groups is 1. The zero-order valence-electron chi connectivity index (χ0n) is 15.8. The average molecular weight is 428 g/mol. The highest BCUT2D eigenvalue weighted by Gasteiger charge is 2.18. The molecule has 1 aromatic heterocycles. The molecule has 2 aromatic carbocycles. The third kappa shape index (κ3) is 4.30. The van der Waals surface area contributed by atoms with Crippen molar-refractivity contribution in [3.8, 4) is 0 Å². The molecule has 1 atom stereocenters. The van der Waals surface area contributed by atoms with Crippen LogP contribution < -0.4 is 10.9 Å². The van der Waals surface area contributed by atoms with Gasteiger partial charge in [0.15, 0.2) is 0 Å². The highest BCUT2D eigenvalue weighted by atomic mass is 79.9. The predicted octanol–water partition coefficient (Wildman–Crippen LogP) is 5.34. The van der Waals surface area contributed by atoms with Crippen LogP contribution in [0, 0.1) is 0 Å². The second kappa shape index (κ2) is 7.31. The molecular weight excluding hydrogens is 406 g/mol. The molecule has 4 nitrogen and oxygen atoms in total. The fourth-order valence-corrected chi connectivity index (χ4v) is 3.26. The largest absolute Gasteiger partial charge is 0.422 e. The highest BCUT2D eigenvalue weighted by molar-refractivity contribution is 9.10. The number of amides is 1. The van der Waals surface area contributed by atoms with Gasteiger partial charge >= 0.3 is 5.63 Å². The summed E-state index contributed by atoms with van der Waals surface area (Å²) in [4.78, 5) is 24.8. The molecule has 140 valence electrons. The highest BCUT2D eigenvalue weighted by Crippen LogP contribution is 2.24. The summed E-state index contributed by atoms with van der Waals surface area (Å²) in [6, 6.07) is 14.8. The maximum absolute atomic E-state index is 12.6. The lowest BCUT2D eigenvalue weighted by molar-refractivity contribution is 0.0936. The summed E-state index contributed by atoms with van der Waals surface area (Å²) in [7, 11) is 0. The third-order valence-corrected chi connectivity index (χ3v) is 5.06.